The van der Waals surface area contributed by atoms with E-state index in [0.29, 0.717) is 11.3 Å². The van der Waals surface area contributed by atoms with E-state index in [4.69, 9.17) is 5.73 Å². The predicted octanol–water partition coefficient (Wildman–Crippen LogP) is 0.989. The second-order valence-corrected chi connectivity index (χ2v) is 3.73. The second kappa shape index (κ2) is 4.70. The van der Waals surface area contributed by atoms with E-state index in [9.17, 15) is 9.59 Å². The van der Waals surface area contributed by atoms with Crippen molar-refractivity contribution in [3.05, 3.63) is 47.8 Å². The lowest BCUT2D eigenvalue weighted by Crippen LogP contribution is -2.35. The molecule has 1 heterocycles. The summed E-state index contributed by atoms with van der Waals surface area (Å²) in [6.45, 7) is 1.69. The summed E-state index contributed by atoms with van der Waals surface area (Å²) in [6, 6.07) is 8.47. The number of nitrogens with two attached hydrogens (primary N) is 1. The first-order valence-electron chi connectivity index (χ1n) is 5.30. The van der Waals surface area contributed by atoms with Crippen molar-refractivity contribution in [2.75, 3.05) is 0 Å². The van der Waals surface area contributed by atoms with Gasteiger partial charge < -0.3 is 5.73 Å². The maximum Gasteiger partial charge on any atom is 0.319 e. The van der Waals surface area contributed by atoms with Gasteiger partial charge in [-0.05, 0) is 19.1 Å². The lowest BCUT2D eigenvalue weighted by atomic mass is 10.2. The van der Waals surface area contributed by atoms with E-state index in [1.807, 2.05) is 35.6 Å². The molecule has 2 aromatic rings. The van der Waals surface area contributed by atoms with Gasteiger partial charge in [0.2, 0.25) is 0 Å². The highest BCUT2D eigenvalue weighted by atomic mass is 16.2. The number of hydrogen-bond acceptors (Lipinski definition) is 3. The average Bonchev–Trinajstić information content (AvgIpc) is 2.72. The van der Waals surface area contributed by atoms with Crippen LogP contribution >= 0.6 is 0 Å². The lowest BCUT2D eigenvalue weighted by molar-refractivity contribution is 0.0965. The molecule has 0 unspecified atom stereocenters. The van der Waals surface area contributed by atoms with Crippen LogP contribution in [-0.2, 0) is 0 Å². The van der Waals surface area contributed by atoms with Gasteiger partial charge in [-0.25, -0.2) is 9.48 Å². The third-order valence-electron chi connectivity index (χ3n) is 2.40. The van der Waals surface area contributed by atoms with Crippen LogP contribution in [-0.4, -0.2) is 21.7 Å². The fraction of sp³-hybridized carbons (Fsp3) is 0.0833. The number of aryl methyl sites for hydroxylation is 1. The number of para-hydroxylation sites is 1. The summed E-state index contributed by atoms with van der Waals surface area (Å²) in [5, 5.41) is 6.22. The Bertz CT molecular complexity index is 589. The summed E-state index contributed by atoms with van der Waals surface area (Å²) in [5.74, 6) is -0.554. The molecule has 6 nitrogen and oxygen atoms in total. The van der Waals surface area contributed by atoms with Crippen LogP contribution < -0.4 is 11.1 Å². The molecule has 3 N–H and O–H groups in total. The largest absolute Gasteiger partial charge is 0.351 e. The van der Waals surface area contributed by atoms with Gasteiger partial charge in [-0.3, -0.25) is 10.1 Å². The van der Waals surface area contributed by atoms with E-state index in [2.05, 4.69) is 5.10 Å². The first-order chi connectivity index (χ1) is 8.58. The van der Waals surface area contributed by atoms with Crippen LogP contribution in [0, 0.1) is 6.92 Å². The predicted molar refractivity (Wildman–Crippen MR) is 65.4 cm³/mol. The van der Waals surface area contributed by atoms with Crippen LogP contribution in [0.25, 0.3) is 5.69 Å². The molecule has 0 fully saturated rings. The van der Waals surface area contributed by atoms with Gasteiger partial charge >= 0.3 is 6.03 Å². The van der Waals surface area contributed by atoms with Crippen molar-refractivity contribution in [2.45, 2.75) is 6.92 Å². The molecule has 1 aromatic carbocycles. The summed E-state index contributed by atoms with van der Waals surface area (Å²) < 4.78 is 1.57. The molecule has 0 bridgehead atoms. The van der Waals surface area contributed by atoms with E-state index < -0.39 is 11.9 Å². The Hall–Kier alpha value is -2.63. The Morgan fingerprint density at radius 1 is 1.28 bits per heavy atom. The van der Waals surface area contributed by atoms with Gasteiger partial charge in [-0.1, -0.05) is 18.2 Å². The van der Waals surface area contributed by atoms with Crippen molar-refractivity contribution in [2.24, 2.45) is 5.73 Å². The van der Waals surface area contributed by atoms with Gasteiger partial charge in [0.05, 0.1) is 16.9 Å². The van der Waals surface area contributed by atoms with Crippen molar-refractivity contribution >= 4 is 11.9 Å². The quantitative estimate of drug-likeness (QED) is 0.825. The zero-order valence-corrected chi connectivity index (χ0v) is 9.75. The molecule has 0 atom stereocenters. The van der Waals surface area contributed by atoms with Crippen molar-refractivity contribution < 1.29 is 9.59 Å². The zero-order chi connectivity index (χ0) is 13.1. The SMILES string of the molecule is Cc1nn(-c2ccccc2)cc1C(=O)NC(N)=O. The molecular formula is C12H12N4O2. The third-order valence-corrected chi connectivity index (χ3v) is 2.40. The topological polar surface area (TPSA) is 90.0 Å². The molecule has 92 valence electrons. The van der Waals surface area contributed by atoms with Crippen LogP contribution in [0.4, 0.5) is 4.79 Å². The summed E-state index contributed by atoms with van der Waals surface area (Å²) in [5.41, 5.74) is 6.58. The number of hydrogen-bond donors (Lipinski definition) is 2. The molecule has 0 saturated carbocycles. The van der Waals surface area contributed by atoms with Crippen LogP contribution in [0.2, 0.25) is 0 Å². The third kappa shape index (κ3) is 2.37. The van der Waals surface area contributed by atoms with E-state index in [-0.39, 0.29) is 0 Å². The standard InChI is InChI=1S/C12H12N4O2/c1-8-10(11(17)14-12(13)18)7-16(15-8)9-5-3-2-4-6-9/h2-7H,1H3,(H3,13,14,17,18). The van der Waals surface area contributed by atoms with Crippen molar-refractivity contribution in [1.82, 2.24) is 15.1 Å². The molecule has 0 aliphatic heterocycles. The number of primary amides is 1. The number of benzene rings is 1. The van der Waals surface area contributed by atoms with Crippen molar-refractivity contribution in [3.63, 3.8) is 0 Å². The summed E-state index contributed by atoms with van der Waals surface area (Å²) in [4.78, 5) is 22.3. The monoisotopic (exact) mass is 244 g/mol. The Kier molecular flexibility index (Phi) is 3.09. The van der Waals surface area contributed by atoms with E-state index in [1.54, 1.807) is 17.8 Å². The first kappa shape index (κ1) is 11.8. The molecule has 0 aliphatic rings. The number of rotatable bonds is 2. The number of carbonyl (C=O) groups is 2. The van der Waals surface area contributed by atoms with Gasteiger partial charge in [0.15, 0.2) is 0 Å². The Balaban J connectivity index is 2.33. The lowest BCUT2D eigenvalue weighted by Gasteiger charge is -1.99. The highest BCUT2D eigenvalue weighted by Gasteiger charge is 2.15. The smallest absolute Gasteiger partial charge is 0.319 e. The minimum absolute atomic E-state index is 0.317. The van der Waals surface area contributed by atoms with Crippen LogP contribution in [0.5, 0.6) is 0 Å². The molecule has 2 rings (SSSR count). The Morgan fingerprint density at radius 3 is 2.56 bits per heavy atom. The van der Waals surface area contributed by atoms with Gasteiger partial charge in [0.25, 0.3) is 5.91 Å². The maximum absolute atomic E-state index is 11.7. The van der Waals surface area contributed by atoms with E-state index >= 15 is 0 Å². The molecule has 0 radical (unpaired) electrons. The summed E-state index contributed by atoms with van der Waals surface area (Å²) in [6.07, 6.45) is 1.56. The second-order valence-electron chi connectivity index (χ2n) is 3.73. The minimum Gasteiger partial charge on any atom is -0.351 e. The number of amides is 3. The van der Waals surface area contributed by atoms with Crippen molar-refractivity contribution in [1.29, 1.82) is 0 Å². The highest BCUT2D eigenvalue weighted by Crippen LogP contribution is 2.11. The molecule has 0 spiro atoms. The van der Waals surface area contributed by atoms with Gasteiger partial charge in [0, 0.05) is 6.20 Å². The molecule has 6 heteroatoms. The molecule has 0 saturated heterocycles. The first-order valence-corrected chi connectivity index (χ1v) is 5.30. The number of nitrogens with zero attached hydrogens (tertiary/aromatic N) is 2. The fourth-order valence-electron chi connectivity index (χ4n) is 1.58. The summed E-state index contributed by atoms with van der Waals surface area (Å²) in [7, 11) is 0. The maximum atomic E-state index is 11.7. The normalized spacial score (nSPS) is 10.1. The molecule has 18 heavy (non-hydrogen) atoms. The molecule has 0 aliphatic carbocycles. The zero-order valence-electron chi connectivity index (χ0n) is 9.75. The minimum atomic E-state index is -0.883. The Labute approximate surface area is 103 Å². The van der Waals surface area contributed by atoms with Crippen molar-refractivity contribution in [3.8, 4) is 5.69 Å². The fourth-order valence-corrected chi connectivity index (χ4v) is 1.58. The number of carbonyl (C=O) groups excluding carboxylic acids is 2. The number of aromatic nitrogens is 2. The van der Waals surface area contributed by atoms with Crippen LogP contribution in [0.1, 0.15) is 16.1 Å². The van der Waals surface area contributed by atoms with E-state index in [0.717, 1.165) is 5.69 Å². The molecule has 1 aromatic heterocycles. The molecular weight excluding hydrogens is 232 g/mol. The van der Waals surface area contributed by atoms with Gasteiger partial charge in [0.1, 0.15) is 0 Å². The number of imide groups is 1. The van der Waals surface area contributed by atoms with Gasteiger partial charge in [-0.2, -0.15) is 5.10 Å². The Morgan fingerprint density at radius 2 is 1.94 bits per heavy atom. The van der Waals surface area contributed by atoms with Gasteiger partial charge in [-0.15, -0.1) is 0 Å². The van der Waals surface area contributed by atoms with Crippen LogP contribution in [0.3, 0.4) is 0 Å². The number of nitrogens with one attached hydrogen (secondary N) is 1. The summed E-state index contributed by atoms with van der Waals surface area (Å²) >= 11 is 0. The van der Waals surface area contributed by atoms with Crippen LogP contribution in [0.15, 0.2) is 36.5 Å². The average molecular weight is 244 g/mol. The number of urea groups is 1. The highest BCUT2D eigenvalue weighted by molar-refractivity contribution is 6.04. The molecule has 3 amide bonds. The van der Waals surface area contributed by atoms with E-state index in [1.165, 1.54) is 0 Å².